The molecule has 1 aliphatic heterocycles. The van der Waals surface area contributed by atoms with Crippen LogP contribution in [0.25, 0.3) is 0 Å². The van der Waals surface area contributed by atoms with Gasteiger partial charge in [0, 0.05) is 32.2 Å². The third-order valence-electron chi connectivity index (χ3n) is 4.80. The van der Waals surface area contributed by atoms with Crippen LogP contribution in [0.15, 0.2) is 18.2 Å². The second kappa shape index (κ2) is 8.44. The van der Waals surface area contributed by atoms with Gasteiger partial charge in [-0.25, -0.2) is 4.39 Å². The van der Waals surface area contributed by atoms with Crippen LogP contribution < -0.4 is 0 Å². The first kappa shape index (κ1) is 17.9. The highest BCUT2D eigenvalue weighted by Gasteiger charge is 2.28. The summed E-state index contributed by atoms with van der Waals surface area (Å²) >= 11 is 0. The lowest BCUT2D eigenvalue weighted by Gasteiger charge is -2.38. The Hall–Kier alpha value is -1.42. The molecule has 0 unspecified atom stereocenters. The van der Waals surface area contributed by atoms with Crippen LogP contribution in [0.5, 0.6) is 0 Å². The van der Waals surface area contributed by atoms with Crippen molar-refractivity contribution < 1.29 is 9.18 Å². The third-order valence-corrected chi connectivity index (χ3v) is 4.80. The molecule has 0 spiro atoms. The van der Waals surface area contributed by atoms with Crippen molar-refractivity contribution in [3.8, 4) is 0 Å². The number of nitrogens with zero attached hydrogens (tertiary/aromatic N) is 2. The van der Waals surface area contributed by atoms with E-state index in [1.807, 2.05) is 20.8 Å². The molecule has 0 N–H and O–H groups in total. The van der Waals surface area contributed by atoms with Gasteiger partial charge in [0.15, 0.2) is 0 Å². The van der Waals surface area contributed by atoms with Gasteiger partial charge in [-0.05, 0) is 37.5 Å². The lowest BCUT2D eigenvalue weighted by molar-refractivity contribution is 0.0569. The van der Waals surface area contributed by atoms with Gasteiger partial charge in [-0.3, -0.25) is 9.69 Å². The standard InChI is InChI=1S/C17H23FN2O.C2H6/c1-13-6-7-15(16(18)12-13)17(21)20-10-8-19(9-11-20)14-4-2-3-5-14;1-2/h6-7,12,14H,2-5,8-11H2,1H3;1-2H3. The van der Waals surface area contributed by atoms with Gasteiger partial charge in [-0.1, -0.05) is 32.8 Å². The maximum Gasteiger partial charge on any atom is 0.256 e. The van der Waals surface area contributed by atoms with E-state index in [9.17, 15) is 9.18 Å². The first-order chi connectivity index (χ1) is 11.1. The van der Waals surface area contributed by atoms with Crippen molar-refractivity contribution in [2.75, 3.05) is 26.2 Å². The molecule has 128 valence electrons. The fourth-order valence-corrected chi connectivity index (χ4v) is 3.52. The quantitative estimate of drug-likeness (QED) is 0.826. The Morgan fingerprint density at radius 2 is 1.70 bits per heavy atom. The number of hydrogen-bond donors (Lipinski definition) is 0. The second-order valence-electron chi connectivity index (χ2n) is 6.25. The zero-order valence-electron chi connectivity index (χ0n) is 14.6. The molecule has 2 aliphatic rings. The Balaban J connectivity index is 0.000000924. The van der Waals surface area contributed by atoms with E-state index in [-0.39, 0.29) is 11.5 Å². The number of carbonyl (C=O) groups excluding carboxylic acids is 1. The molecule has 3 nitrogen and oxygen atoms in total. The third kappa shape index (κ3) is 4.31. The molecular formula is C19H29FN2O. The summed E-state index contributed by atoms with van der Waals surface area (Å²) in [4.78, 5) is 16.7. The van der Waals surface area contributed by atoms with Crippen molar-refractivity contribution in [3.63, 3.8) is 0 Å². The minimum Gasteiger partial charge on any atom is -0.336 e. The van der Waals surface area contributed by atoms with Gasteiger partial charge in [0.1, 0.15) is 5.82 Å². The van der Waals surface area contributed by atoms with E-state index < -0.39 is 5.82 Å². The molecule has 2 fully saturated rings. The number of aryl methyl sites for hydroxylation is 1. The molecule has 1 amide bonds. The number of amides is 1. The summed E-state index contributed by atoms with van der Waals surface area (Å²) in [6.07, 6.45) is 5.25. The van der Waals surface area contributed by atoms with E-state index in [1.165, 1.54) is 31.7 Å². The summed E-state index contributed by atoms with van der Waals surface area (Å²) in [6, 6.07) is 5.54. The molecule has 0 aromatic heterocycles. The monoisotopic (exact) mass is 320 g/mol. The van der Waals surface area contributed by atoms with E-state index in [0.29, 0.717) is 19.1 Å². The summed E-state index contributed by atoms with van der Waals surface area (Å²) in [5, 5.41) is 0. The summed E-state index contributed by atoms with van der Waals surface area (Å²) in [6.45, 7) is 9.09. The molecule has 1 aromatic rings. The lowest BCUT2D eigenvalue weighted by Crippen LogP contribution is -2.51. The highest BCUT2D eigenvalue weighted by atomic mass is 19.1. The summed E-state index contributed by atoms with van der Waals surface area (Å²) < 4.78 is 13.9. The molecule has 1 heterocycles. The number of halogens is 1. The van der Waals surface area contributed by atoms with Crippen molar-refractivity contribution >= 4 is 5.91 Å². The van der Waals surface area contributed by atoms with Crippen LogP contribution in [0, 0.1) is 12.7 Å². The second-order valence-corrected chi connectivity index (χ2v) is 6.25. The minimum absolute atomic E-state index is 0.168. The van der Waals surface area contributed by atoms with Crippen LogP contribution in [0.3, 0.4) is 0 Å². The zero-order chi connectivity index (χ0) is 16.8. The highest BCUT2D eigenvalue weighted by Crippen LogP contribution is 2.24. The topological polar surface area (TPSA) is 23.6 Å². The maximum atomic E-state index is 13.9. The molecule has 3 rings (SSSR count). The van der Waals surface area contributed by atoms with Crippen LogP contribution in [-0.2, 0) is 0 Å². The van der Waals surface area contributed by atoms with Crippen LogP contribution >= 0.6 is 0 Å². The Labute approximate surface area is 139 Å². The molecule has 1 saturated carbocycles. The van der Waals surface area contributed by atoms with Crippen LogP contribution in [0.2, 0.25) is 0 Å². The van der Waals surface area contributed by atoms with Gasteiger partial charge in [0.25, 0.3) is 5.91 Å². The normalized spacial score (nSPS) is 19.4. The zero-order valence-corrected chi connectivity index (χ0v) is 14.6. The van der Waals surface area contributed by atoms with Crippen molar-refractivity contribution in [3.05, 3.63) is 35.1 Å². The molecule has 1 aliphatic carbocycles. The first-order valence-electron chi connectivity index (χ1n) is 8.94. The van der Waals surface area contributed by atoms with Crippen LogP contribution in [-0.4, -0.2) is 47.9 Å². The van der Waals surface area contributed by atoms with Crippen molar-refractivity contribution in [2.45, 2.75) is 52.5 Å². The average Bonchev–Trinajstić information content (AvgIpc) is 3.11. The number of carbonyl (C=O) groups is 1. The van der Waals surface area contributed by atoms with E-state index >= 15 is 0 Å². The van der Waals surface area contributed by atoms with Gasteiger partial charge in [0.2, 0.25) is 0 Å². The molecule has 1 saturated heterocycles. The van der Waals surface area contributed by atoms with Crippen molar-refractivity contribution in [2.24, 2.45) is 0 Å². The van der Waals surface area contributed by atoms with Gasteiger partial charge in [-0.15, -0.1) is 0 Å². The number of piperazine rings is 1. The molecule has 0 bridgehead atoms. The molecule has 23 heavy (non-hydrogen) atoms. The predicted molar refractivity (Wildman–Crippen MR) is 92.2 cm³/mol. The van der Waals surface area contributed by atoms with E-state index in [2.05, 4.69) is 4.90 Å². The maximum absolute atomic E-state index is 13.9. The van der Waals surface area contributed by atoms with Gasteiger partial charge >= 0.3 is 0 Å². The lowest BCUT2D eigenvalue weighted by atomic mass is 10.1. The molecule has 0 radical (unpaired) electrons. The average molecular weight is 320 g/mol. The molecule has 0 atom stereocenters. The molecule has 1 aromatic carbocycles. The van der Waals surface area contributed by atoms with E-state index in [0.717, 1.165) is 18.7 Å². The van der Waals surface area contributed by atoms with Gasteiger partial charge in [-0.2, -0.15) is 0 Å². The van der Waals surface area contributed by atoms with E-state index in [1.54, 1.807) is 17.0 Å². The minimum atomic E-state index is -0.404. The van der Waals surface area contributed by atoms with Gasteiger partial charge in [0.05, 0.1) is 5.56 Å². The summed E-state index contributed by atoms with van der Waals surface area (Å²) in [5.41, 5.74) is 1.05. The van der Waals surface area contributed by atoms with Crippen molar-refractivity contribution in [1.82, 2.24) is 9.80 Å². The fourth-order valence-electron chi connectivity index (χ4n) is 3.52. The largest absolute Gasteiger partial charge is 0.336 e. The van der Waals surface area contributed by atoms with Gasteiger partial charge < -0.3 is 4.90 Å². The Morgan fingerprint density at radius 1 is 1.09 bits per heavy atom. The smallest absolute Gasteiger partial charge is 0.256 e. The Morgan fingerprint density at radius 3 is 2.26 bits per heavy atom. The number of rotatable bonds is 2. The highest BCUT2D eigenvalue weighted by molar-refractivity contribution is 5.94. The number of hydrogen-bond acceptors (Lipinski definition) is 2. The summed E-state index contributed by atoms with van der Waals surface area (Å²) in [7, 11) is 0. The number of benzene rings is 1. The Kier molecular flexibility index (Phi) is 6.58. The van der Waals surface area contributed by atoms with E-state index in [4.69, 9.17) is 0 Å². The predicted octanol–water partition coefficient (Wildman–Crippen LogP) is 3.86. The SMILES string of the molecule is CC.Cc1ccc(C(=O)N2CCN(C3CCCC3)CC2)c(F)c1. The van der Waals surface area contributed by atoms with Crippen molar-refractivity contribution in [1.29, 1.82) is 0 Å². The van der Waals surface area contributed by atoms with Crippen LogP contribution in [0.4, 0.5) is 4.39 Å². The van der Waals surface area contributed by atoms with Crippen LogP contribution in [0.1, 0.15) is 55.5 Å². The Bertz CT molecular complexity index is 518. The summed E-state index contributed by atoms with van der Waals surface area (Å²) in [5.74, 6) is -0.572. The molecular weight excluding hydrogens is 291 g/mol. The first-order valence-corrected chi connectivity index (χ1v) is 8.94. The fraction of sp³-hybridized carbons (Fsp3) is 0.632. The molecule has 4 heteroatoms.